The second kappa shape index (κ2) is 5.48. The van der Waals surface area contributed by atoms with Crippen LogP contribution in [0.15, 0.2) is 0 Å². The Hall–Kier alpha value is -0.120. The number of rotatable bonds is 5. The summed E-state index contributed by atoms with van der Waals surface area (Å²) in [5.41, 5.74) is 0.343. The molecule has 2 unspecified atom stereocenters. The van der Waals surface area contributed by atoms with E-state index in [1.165, 1.54) is 26.1 Å². The predicted octanol–water partition coefficient (Wildman–Crippen LogP) is 1.26. The zero-order valence-corrected chi connectivity index (χ0v) is 11.9. The van der Waals surface area contributed by atoms with Gasteiger partial charge < -0.3 is 15.1 Å². The lowest BCUT2D eigenvalue weighted by molar-refractivity contribution is 0.160. The summed E-state index contributed by atoms with van der Waals surface area (Å²) in [5.74, 6) is 0. The fourth-order valence-electron chi connectivity index (χ4n) is 2.48. The summed E-state index contributed by atoms with van der Waals surface area (Å²) in [6.45, 7) is 10.7. The first kappa shape index (κ1) is 13.9. The molecule has 1 rings (SSSR count). The Morgan fingerprint density at radius 1 is 1.44 bits per heavy atom. The molecule has 0 aliphatic carbocycles. The average molecular weight is 227 g/mol. The fourth-order valence-corrected chi connectivity index (χ4v) is 2.48. The standard InChI is InChI=1S/C13H29N3/c1-11(14-4)13(2,3)10-16-8-7-12(9-16)15(5)6/h11-12,14H,7-10H2,1-6H3. The second-order valence-corrected chi connectivity index (χ2v) is 6.14. The molecule has 0 aromatic rings. The van der Waals surface area contributed by atoms with Crippen molar-refractivity contribution in [3.8, 4) is 0 Å². The minimum absolute atomic E-state index is 0.343. The van der Waals surface area contributed by atoms with Gasteiger partial charge in [-0.3, -0.25) is 0 Å². The monoisotopic (exact) mass is 227 g/mol. The van der Waals surface area contributed by atoms with Crippen LogP contribution in [0.1, 0.15) is 27.2 Å². The van der Waals surface area contributed by atoms with E-state index in [0.29, 0.717) is 11.5 Å². The van der Waals surface area contributed by atoms with Crippen molar-refractivity contribution in [1.82, 2.24) is 15.1 Å². The van der Waals surface area contributed by atoms with Crippen molar-refractivity contribution < 1.29 is 0 Å². The number of likely N-dealkylation sites (N-methyl/N-ethyl adjacent to an activating group) is 1. The number of nitrogens with zero attached hydrogens (tertiary/aromatic N) is 2. The number of hydrogen-bond donors (Lipinski definition) is 1. The highest BCUT2D eigenvalue weighted by Crippen LogP contribution is 2.24. The van der Waals surface area contributed by atoms with E-state index in [0.717, 1.165) is 6.04 Å². The molecule has 1 aliphatic rings. The molecule has 0 bridgehead atoms. The molecule has 1 fully saturated rings. The number of likely N-dealkylation sites (tertiary alicyclic amines) is 1. The van der Waals surface area contributed by atoms with Crippen LogP contribution in [0.25, 0.3) is 0 Å². The molecule has 1 saturated heterocycles. The molecule has 0 aromatic carbocycles. The Morgan fingerprint density at radius 2 is 2.06 bits per heavy atom. The van der Waals surface area contributed by atoms with Crippen LogP contribution in [0.2, 0.25) is 0 Å². The minimum atomic E-state index is 0.343. The largest absolute Gasteiger partial charge is 0.317 e. The maximum atomic E-state index is 3.38. The SMILES string of the molecule is CNC(C)C(C)(C)CN1CCC(N(C)C)C1. The molecule has 0 spiro atoms. The van der Waals surface area contributed by atoms with E-state index in [4.69, 9.17) is 0 Å². The van der Waals surface area contributed by atoms with Gasteiger partial charge in [0.1, 0.15) is 0 Å². The Bertz CT molecular complexity index is 213. The summed E-state index contributed by atoms with van der Waals surface area (Å²) >= 11 is 0. The Kier molecular flexibility index (Phi) is 4.77. The van der Waals surface area contributed by atoms with Crippen LogP contribution in [0.5, 0.6) is 0 Å². The van der Waals surface area contributed by atoms with E-state index in [9.17, 15) is 0 Å². The first-order valence-corrected chi connectivity index (χ1v) is 6.43. The Balaban J connectivity index is 2.44. The average Bonchev–Trinajstić information content (AvgIpc) is 2.64. The van der Waals surface area contributed by atoms with Gasteiger partial charge in [-0.05, 0) is 46.4 Å². The molecular weight excluding hydrogens is 198 g/mol. The van der Waals surface area contributed by atoms with Gasteiger partial charge in [0.05, 0.1) is 0 Å². The molecule has 1 N–H and O–H groups in total. The molecule has 0 saturated carbocycles. The van der Waals surface area contributed by atoms with E-state index in [1.807, 2.05) is 0 Å². The van der Waals surface area contributed by atoms with Gasteiger partial charge in [-0.25, -0.2) is 0 Å². The molecule has 1 heterocycles. The highest BCUT2D eigenvalue weighted by Gasteiger charge is 2.31. The van der Waals surface area contributed by atoms with Gasteiger partial charge in [0.2, 0.25) is 0 Å². The van der Waals surface area contributed by atoms with Gasteiger partial charge in [-0.1, -0.05) is 13.8 Å². The topological polar surface area (TPSA) is 18.5 Å². The molecule has 96 valence electrons. The first-order chi connectivity index (χ1) is 7.36. The Labute approximate surface area is 101 Å². The van der Waals surface area contributed by atoms with Gasteiger partial charge >= 0.3 is 0 Å². The van der Waals surface area contributed by atoms with Gasteiger partial charge in [0, 0.05) is 25.2 Å². The lowest BCUT2D eigenvalue weighted by Crippen LogP contribution is -2.45. The lowest BCUT2D eigenvalue weighted by atomic mass is 9.85. The summed E-state index contributed by atoms with van der Waals surface area (Å²) in [6.07, 6.45) is 1.32. The third-order valence-electron chi connectivity index (χ3n) is 4.21. The van der Waals surface area contributed by atoms with Crippen molar-refractivity contribution in [3.05, 3.63) is 0 Å². The van der Waals surface area contributed by atoms with Crippen LogP contribution in [0.4, 0.5) is 0 Å². The van der Waals surface area contributed by atoms with Crippen molar-refractivity contribution in [1.29, 1.82) is 0 Å². The predicted molar refractivity (Wildman–Crippen MR) is 70.8 cm³/mol. The van der Waals surface area contributed by atoms with Crippen LogP contribution in [0.3, 0.4) is 0 Å². The maximum absolute atomic E-state index is 3.38. The summed E-state index contributed by atoms with van der Waals surface area (Å²) in [5, 5.41) is 3.38. The van der Waals surface area contributed by atoms with Gasteiger partial charge in [0.15, 0.2) is 0 Å². The first-order valence-electron chi connectivity index (χ1n) is 6.43. The molecule has 3 nitrogen and oxygen atoms in total. The van der Waals surface area contributed by atoms with E-state index in [1.54, 1.807) is 0 Å². The van der Waals surface area contributed by atoms with Crippen LogP contribution in [-0.4, -0.2) is 62.7 Å². The third kappa shape index (κ3) is 3.44. The zero-order chi connectivity index (χ0) is 12.3. The van der Waals surface area contributed by atoms with E-state index in [-0.39, 0.29) is 0 Å². The molecular formula is C13H29N3. The number of nitrogens with one attached hydrogen (secondary N) is 1. The molecule has 0 radical (unpaired) electrons. The van der Waals surface area contributed by atoms with Crippen molar-refractivity contribution in [2.24, 2.45) is 5.41 Å². The summed E-state index contributed by atoms with van der Waals surface area (Å²) in [6, 6.07) is 1.31. The lowest BCUT2D eigenvalue weighted by Gasteiger charge is -2.35. The van der Waals surface area contributed by atoms with Crippen LogP contribution < -0.4 is 5.32 Å². The van der Waals surface area contributed by atoms with E-state index in [2.05, 4.69) is 57.0 Å². The summed E-state index contributed by atoms with van der Waals surface area (Å²) in [7, 11) is 6.43. The normalized spacial score (nSPS) is 25.3. The smallest absolute Gasteiger partial charge is 0.0229 e. The maximum Gasteiger partial charge on any atom is 0.0229 e. The molecule has 0 amide bonds. The zero-order valence-electron chi connectivity index (χ0n) is 11.9. The van der Waals surface area contributed by atoms with Crippen molar-refractivity contribution in [2.45, 2.75) is 39.3 Å². The summed E-state index contributed by atoms with van der Waals surface area (Å²) in [4.78, 5) is 4.97. The highest BCUT2D eigenvalue weighted by atomic mass is 15.2. The van der Waals surface area contributed by atoms with Crippen molar-refractivity contribution in [2.75, 3.05) is 40.8 Å². The molecule has 1 aliphatic heterocycles. The van der Waals surface area contributed by atoms with E-state index >= 15 is 0 Å². The molecule has 16 heavy (non-hydrogen) atoms. The fraction of sp³-hybridized carbons (Fsp3) is 1.00. The molecule has 3 heteroatoms. The minimum Gasteiger partial charge on any atom is -0.317 e. The van der Waals surface area contributed by atoms with Crippen LogP contribution >= 0.6 is 0 Å². The molecule has 0 aromatic heterocycles. The molecule has 2 atom stereocenters. The Morgan fingerprint density at radius 3 is 2.50 bits per heavy atom. The van der Waals surface area contributed by atoms with E-state index < -0.39 is 0 Å². The number of hydrogen-bond acceptors (Lipinski definition) is 3. The quantitative estimate of drug-likeness (QED) is 0.763. The van der Waals surface area contributed by atoms with Crippen molar-refractivity contribution in [3.63, 3.8) is 0 Å². The van der Waals surface area contributed by atoms with Gasteiger partial charge in [-0.15, -0.1) is 0 Å². The second-order valence-electron chi connectivity index (χ2n) is 6.14. The van der Waals surface area contributed by atoms with Crippen LogP contribution in [0, 0.1) is 5.41 Å². The van der Waals surface area contributed by atoms with Gasteiger partial charge in [-0.2, -0.15) is 0 Å². The highest BCUT2D eigenvalue weighted by molar-refractivity contribution is 4.88. The third-order valence-corrected chi connectivity index (χ3v) is 4.21. The van der Waals surface area contributed by atoms with Crippen molar-refractivity contribution >= 4 is 0 Å². The van der Waals surface area contributed by atoms with Crippen LogP contribution in [-0.2, 0) is 0 Å². The summed E-state index contributed by atoms with van der Waals surface area (Å²) < 4.78 is 0. The van der Waals surface area contributed by atoms with Gasteiger partial charge in [0.25, 0.3) is 0 Å².